The van der Waals surface area contributed by atoms with Gasteiger partial charge in [0.2, 0.25) is 5.91 Å². The Morgan fingerprint density at radius 1 is 1.63 bits per heavy atom. The van der Waals surface area contributed by atoms with Crippen LogP contribution in [-0.4, -0.2) is 36.5 Å². The van der Waals surface area contributed by atoms with Crippen LogP contribution in [0.1, 0.15) is 30.6 Å². The highest BCUT2D eigenvalue weighted by Gasteiger charge is 2.25. The van der Waals surface area contributed by atoms with Crippen LogP contribution < -0.4 is 11.1 Å². The first-order chi connectivity index (χ1) is 9.10. The SMILES string of the molecule is Cc1occc1CN(C)C(CN)CC(=O)NC1CC1. The molecule has 2 rings (SSSR count). The minimum Gasteiger partial charge on any atom is -0.469 e. The van der Waals surface area contributed by atoms with E-state index in [1.807, 2.05) is 20.0 Å². The lowest BCUT2D eigenvalue weighted by Crippen LogP contribution is -2.42. The van der Waals surface area contributed by atoms with Crippen molar-refractivity contribution in [1.82, 2.24) is 10.2 Å². The Morgan fingerprint density at radius 2 is 2.37 bits per heavy atom. The number of carbonyl (C=O) groups excluding carboxylic acids is 1. The fourth-order valence-electron chi connectivity index (χ4n) is 2.12. The van der Waals surface area contributed by atoms with Gasteiger partial charge in [-0.3, -0.25) is 9.69 Å². The number of hydrogen-bond donors (Lipinski definition) is 2. The van der Waals surface area contributed by atoms with Crippen molar-refractivity contribution in [2.75, 3.05) is 13.6 Å². The summed E-state index contributed by atoms with van der Waals surface area (Å²) in [5, 5.41) is 3.00. The summed E-state index contributed by atoms with van der Waals surface area (Å²) in [5.41, 5.74) is 6.93. The van der Waals surface area contributed by atoms with Gasteiger partial charge in [0.25, 0.3) is 0 Å². The van der Waals surface area contributed by atoms with Gasteiger partial charge >= 0.3 is 0 Å². The summed E-state index contributed by atoms with van der Waals surface area (Å²) < 4.78 is 5.28. The Morgan fingerprint density at radius 3 is 2.89 bits per heavy atom. The average molecular weight is 265 g/mol. The maximum Gasteiger partial charge on any atom is 0.221 e. The van der Waals surface area contributed by atoms with Gasteiger partial charge in [-0.2, -0.15) is 0 Å². The van der Waals surface area contributed by atoms with E-state index in [1.165, 1.54) is 0 Å². The molecular formula is C14H23N3O2. The van der Waals surface area contributed by atoms with Crippen molar-refractivity contribution in [3.63, 3.8) is 0 Å². The van der Waals surface area contributed by atoms with E-state index < -0.39 is 0 Å². The van der Waals surface area contributed by atoms with Crippen molar-refractivity contribution >= 4 is 5.91 Å². The number of likely N-dealkylation sites (N-methyl/N-ethyl adjacent to an activating group) is 1. The fourth-order valence-corrected chi connectivity index (χ4v) is 2.12. The summed E-state index contributed by atoms with van der Waals surface area (Å²) in [4.78, 5) is 13.9. The van der Waals surface area contributed by atoms with E-state index in [1.54, 1.807) is 6.26 Å². The highest BCUT2D eigenvalue weighted by molar-refractivity contribution is 5.77. The van der Waals surface area contributed by atoms with Crippen LogP contribution in [0.25, 0.3) is 0 Å². The summed E-state index contributed by atoms with van der Waals surface area (Å²) in [6.07, 6.45) is 4.38. The van der Waals surface area contributed by atoms with Crippen molar-refractivity contribution in [1.29, 1.82) is 0 Å². The molecule has 1 aromatic rings. The Kier molecular flexibility index (Phi) is 4.61. The number of carbonyl (C=O) groups is 1. The lowest BCUT2D eigenvalue weighted by atomic mass is 10.1. The molecule has 1 aliphatic rings. The molecule has 106 valence electrons. The molecule has 1 unspecified atom stereocenters. The molecule has 1 saturated carbocycles. The van der Waals surface area contributed by atoms with E-state index in [0.717, 1.165) is 30.7 Å². The number of nitrogens with one attached hydrogen (secondary N) is 1. The van der Waals surface area contributed by atoms with Gasteiger partial charge in [0.05, 0.1) is 6.26 Å². The number of amides is 1. The zero-order valence-electron chi connectivity index (χ0n) is 11.7. The zero-order valence-corrected chi connectivity index (χ0v) is 11.7. The molecule has 5 nitrogen and oxygen atoms in total. The first-order valence-electron chi connectivity index (χ1n) is 6.82. The normalized spacial score (nSPS) is 16.6. The summed E-state index contributed by atoms with van der Waals surface area (Å²) in [5.74, 6) is 1.03. The summed E-state index contributed by atoms with van der Waals surface area (Å²) in [7, 11) is 1.99. The second-order valence-corrected chi connectivity index (χ2v) is 5.35. The van der Waals surface area contributed by atoms with Gasteiger partial charge in [-0.1, -0.05) is 0 Å². The lowest BCUT2D eigenvalue weighted by molar-refractivity contribution is -0.122. The molecule has 1 heterocycles. The second kappa shape index (κ2) is 6.21. The van der Waals surface area contributed by atoms with Gasteiger partial charge in [-0.15, -0.1) is 0 Å². The maximum atomic E-state index is 11.8. The molecule has 1 atom stereocenters. The molecule has 0 aliphatic heterocycles. The quantitative estimate of drug-likeness (QED) is 0.772. The van der Waals surface area contributed by atoms with Gasteiger partial charge in [-0.05, 0) is 32.9 Å². The van der Waals surface area contributed by atoms with Gasteiger partial charge < -0.3 is 15.5 Å². The van der Waals surface area contributed by atoms with E-state index in [9.17, 15) is 4.79 Å². The predicted octanol–water partition coefficient (Wildman–Crippen LogP) is 1.02. The van der Waals surface area contributed by atoms with E-state index in [0.29, 0.717) is 19.0 Å². The van der Waals surface area contributed by atoms with Gasteiger partial charge in [0.1, 0.15) is 5.76 Å². The molecule has 3 N–H and O–H groups in total. The third-order valence-corrected chi connectivity index (χ3v) is 3.64. The molecule has 1 aliphatic carbocycles. The van der Waals surface area contributed by atoms with Gasteiger partial charge in [0, 0.05) is 37.2 Å². The summed E-state index contributed by atoms with van der Waals surface area (Å²) >= 11 is 0. The monoisotopic (exact) mass is 265 g/mol. The molecular weight excluding hydrogens is 242 g/mol. The first kappa shape index (κ1) is 14.1. The minimum absolute atomic E-state index is 0.0630. The Bertz CT molecular complexity index is 426. The number of nitrogens with zero attached hydrogens (tertiary/aromatic N) is 1. The van der Waals surface area contributed by atoms with Crippen molar-refractivity contribution in [2.24, 2.45) is 5.73 Å². The lowest BCUT2D eigenvalue weighted by Gasteiger charge is -2.26. The maximum absolute atomic E-state index is 11.8. The molecule has 1 fully saturated rings. The largest absolute Gasteiger partial charge is 0.469 e. The molecule has 5 heteroatoms. The summed E-state index contributed by atoms with van der Waals surface area (Å²) in [6, 6.07) is 2.43. The van der Waals surface area contributed by atoms with E-state index >= 15 is 0 Å². The molecule has 1 aromatic heterocycles. The van der Waals surface area contributed by atoms with Crippen LogP contribution in [0.4, 0.5) is 0 Å². The summed E-state index contributed by atoms with van der Waals surface area (Å²) in [6.45, 7) is 3.17. The van der Waals surface area contributed by atoms with Crippen LogP contribution in [0.3, 0.4) is 0 Å². The van der Waals surface area contributed by atoms with Crippen LogP contribution in [0.5, 0.6) is 0 Å². The van der Waals surface area contributed by atoms with Crippen LogP contribution in [0.2, 0.25) is 0 Å². The standard InChI is InChI=1S/C14H23N3O2/c1-10-11(5-6-19-10)9-17(2)13(8-15)7-14(18)16-12-3-4-12/h5-6,12-13H,3-4,7-9,15H2,1-2H3,(H,16,18). The molecule has 1 amide bonds. The van der Waals surface area contributed by atoms with E-state index in [-0.39, 0.29) is 11.9 Å². The van der Waals surface area contributed by atoms with Crippen LogP contribution in [0, 0.1) is 6.92 Å². The third kappa shape index (κ3) is 4.08. The third-order valence-electron chi connectivity index (χ3n) is 3.64. The number of hydrogen-bond acceptors (Lipinski definition) is 4. The van der Waals surface area contributed by atoms with Crippen LogP contribution >= 0.6 is 0 Å². The van der Waals surface area contributed by atoms with Crippen LogP contribution in [0.15, 0.2) is 16.7 Å². The fraction of sp³-hybridized carbons (Fsp3) is 0.643. The topological polar surface area (TPSA) is 71.5 Å². The number of rotatable bonds is 7. The molecule has 0 spiro atoms. The number of nitrogens with two attached hydrogens (primary N) is 1. The molecule has 0 bridgehead atoms. The van der Waals surface area contributed by atoms with Crippen LogP contribution in [-0.2, 0) is 11.3 Å². The number of aryl methyl sites for hydroxylation is 1. The van der Waals surface area contributed by atoms with Crippen molar-refractivity contribution in [2.45, 2.75) is 44.8 Å². The molecule has 0 radical (unpaired) electrons. The van der Waals surface area contributed by atoms with Crippen molar-refractivity contribution < 1.29 is 9.21 Å². The zero-order chi connectivity index (χ0) is 13.8. The van der Waals surface area contributed by atoms with Crippen molar-refractivity contribution in [3.05, 3.63) is 23.7 Å². The Labute approximate surface area is 114 Å². The molecule has 0 aromatic carbocycles. The Balaban J connectivity index is 1.85. The number of furan rings is 1. The average Bonchev–Trinajstić information content (AvgIpc) is 3.09. The van der Waals surface area contributed by atoms with E-state index in [2.05, 4.69) is 10.2 Å². The Hall–Kier alpha value is -1.33. The predicted molar refractivity (Wildman–Crippen MR) is 73.5 cm³/mol. The van der Waals surface area contributed by atoms with E-state index in [4.69, 9.17) is 10.2 Å². The molecule has 0 saturated heterocycles. The van der Waals surface area contributed by atoms with Crippen molar-refractivity contribution in [3.8, 4) is 0 Å². The molecule has 19 heavy (non-hydrogen) atoms. The second-order valence-electron chi connectivity index (χ2n) is 5.35. The highest BCUT2D eigenvalue weighted by atomic mass is 16.3. The smallest absolute Gasteiger partial charge is 0.221 e. The van der Waals surface area contributed by atoms with Gasteiger partial charge in [-0.25, -0.2) is 0 Å². The highest BCUT2D eigenvalue weighted by Crippen LogP contribution is 2.19. The minimum atomic E-state index is 0.0630. The first-order valence-corrected chi connectivity index (χ1v) is 6.82. The van der Waals surface area contributed by atoms with Gasteiger partial charge in [0.15, 0.2) is 0 Å².